The molecular weight excluding hydrogens is 322 g/mol. The fourth-order valence-electron chi connectivity index (χ4n) is 4.48. The molecule has 2 aliphatic heterocycles. The maximum atomic E-state index is 12.4. The molecule has 0 aromatic heterocycles. The van der Waals surface area contributed by atoms with E-state index >= 15 is 0 Å². The largest absolute Gasteiger partial charge is 0.376 e. The molecule has 1 atom stereocenters. The van der Waals surface area contributed by atoms with Gasteiger partial charge in [0, 0.05) is 36.7 Å². The van der Waals surface area contributed by atoms with Gasteiger partial charge in [0.2, 0.25) is 0 Å². The molecule has 2 fully saturated rings. The van der Waals surface area contributed by atoms with E-state index in [0.717, 1.165) is 44.6 Å². The molecule has 0 amide bonds. The molecule has 24 heavy (non-hydrogen) atoms. The van der Waals surface area contributed by atoms with Crippen molar-refractivity contribution in [3.63, 3.8) is 0 Å². The van der Waals surface area contributed by atoms with Gasteiger partial charge in [0.25, 0.3) is 0 Å². The monoisotopic (exact) mass is 349 g/mol. The van der Waals surface area contributed by atoms with Crippen molar-refractivity contribution in [2.24, 2.45) is 5.41 Å². The third-order valence-electron chi connectivity index (χ3n) is 5.49. The predicted molar refractivity (Wildman–Crippen MR) is 97.8 cm³/mol. The first-order valence-corrected chi connectivity index (χ1v) is 9.41. The van der Waals surface area contributed by atoms with E-state index < -0.39 is 0 Å². The Morgan fingerprint density at radius 2 is 2.00 bits per heavy atom. The van der Waals surface area contributed by atoms with Crippen molar-refractivity contribution in [3.8, 4) is 0 Å². The molecule has 4 heteroatoms. The summed E-state index contributed by atoms with van der Waals surface area (Å²) in [4.78, 5) is 14.9. The van der Waals surface area contributed by atoms with Gasteiger partial charge in [-0.3, -0.25) is 4.79 Å². The number of likely N-dealkylation sites (tertiary alicyclic amines) is 1. The van der Waals surface area contributed by atoms with Gasteiger partial charge in [0.1, 0.15) is 0 Å². The van der Waals surface area contributed by atoms with Crippen molar-refractivity contribution in [3.05, 3.63) is 34.9 Å². The van der Waals surface area contributed by atoms with Gasteiger partial charge in [-0.05, 0) is 75.8 Å². The van der Waals surface area contributed by atoms with Crippen LogP contribution in [0, 0.1) is 5.41 Å². The Hall–Kier alpha value is -0.900. The highest BCUT2D eigenvalue weighted by molar-refractivity contribution is 6.30. The van der Waals surface area contributed by atoms with E-state index in [4.69, 9.17) is 16.3 Å². The van der Waals surface area contributed by atoms with Crippen LogP contribution in [0.1, 0.15) is 56.3 Å². The first-order valence-electron chi connectivity index (χ1n) is 9.03. The first-order chi connectivity index (χ1) is 11.4. The van der Waals surface area contributed by atoms with Crippen molar-refractivity contribution >= 4 is 17.4 Å². The number of benzene rings is 1. The summed E-state index contributed by atoms with van der Waals surface area (Å²) in [5.41, 5.74) is 1.13. The minimum absolute atomic E-state index is 0.0135. The van der Waals surface area contributed by atoms with Crippen molar-refractivity contribution in [2.45, 2.75) is 51.6 Å². The first kappa shape index (κ1) is 17.9. The number of rotatable bonds is 4. The number of hydrogen-bond acceptors (Lipinski definition) is 3. The van der Waals surface area contributed by atoms with Gasteiger partial charge in [-0.15, -0.1) is 0 Å². The van der Waals surface area contributed by atoms with Gasteiger partial charge in [0.05, 0.1) is 5.60 Å². The van der Waals surface area contributed by atoms with Crippen molar-refractivity contribution < 1.29 is 9.53 Å². The number of ether oxygens (including phenoxy) is 1. The number of nitrogens with zero attached hydrogens (tertiary/aromatic N) is 1. The zero-order valence-corrected chi connectivity index (χ0v) is 15.6. The zero-order valence-electron chi connectivity index (χ0n) is 14.8. The van der Waals surface area contributed by atoms with Gasteiger partial charge in [-0.1, -0.05) is 11.6 Å². The standard InChI is InChI=1S/C20H28ClNO2/c1-19(2)14-20(10-13-24-19)9-3-11-22(15-20)12-8-18(23)16-4-6-17(21)7-5-16/h4-7H,3,8-15H2,1-2H3/t20-/m0/s1. The summed E-state index contributed by atoms with van der Waals surface area (Å²) in [6.07, 6.45) is 5.38. The maximum absolute atomic E-state index is 12.4. The summed E-state index contributed by atoms with van der Waals surface area (Å²) in [7, 11) is 0. The molecule has 1 aromatic rings. The second-order valence-electron chi connectivity index (χ2n) is 8.09. The second-order valence-corrected chi connectivity index (χ2v) is 8.53. The van der Waals surface area contributed by atoms with E-state index in [1.807, 2.05) is 12.1 Å². The lowest BCUT2D eigenvalue weighted by molar-refractivity contribution is -0.122. The summed E-state index contributed by atoms with van der Waals surface area (Å²) < 4.78 is 5.91. The summed E-state index contributed by atoms with van der Waals surface area (Å²) in [5.74, 6) is 0.207. The minimum atomic E-state index is -0.0135. The van der Waals surface area contributed by atoms with E-state index in [1.54, 1.807) is 12.1 Å². The maximum Gasteiger partial charge on any atom is 0.164 e. The fraction of sp³-hybridized carbons (Fsp3) is 0.650. The van der Waals surface area contributed by atoms with Crippen LogP contribution >= 0.6 is 11.6 Å². The Labute approximate surface area is 150 Å². The average molecular weight is 350 g/mol. The van der Waals surface area contributed by atoms with E-state index in [0.29, 0.717) is 16.9 Å². The number of carbonyl (C=O) groups is 1. The zero-order chi connectivity index (χ0) is 17.2. The highest BCUT2D eigenvalue weighted by Gasteiger charge is 2.43. The molecular formula is C20H28ClNO2. The molecule has 2 saturated heterocycles. The Balaban J connectivity index is 1.56. The fourth-order valence-corrected chi connectivity index (χ4v) is 4.60. The van der Waals surface area contributed by atoms with Crippen LogP contribution in [-0.2, 0) is 4.74 Å². The van der Waals surface area contributed by atoms with E-state index in [2.05, 4.69) is 18.7 Å². The molecule has 0 bridgehead atoms. The van der Waals surface area contributed by atoms with E-state index in [9.17, 15) is 4.79 Å². The lowest BCUT2D eigenvalue weighted by atomic mass is 9.69. The van der Waals surface area contributed by atoms with Crippen LogP contribution in [0.5, 0.6) is 0 Å². The summed E-state index contributed by atoms with van der Waals surface area (Å²) in [5, 5.41) is 0.673. The van der Waals surface area contributed by atoms with Crippen LogP contribution in [0.2, 0.25) is 5.02 Å². The molecule has 0 radical (unpaired) electrons. The molecule has 1 spiro atoms. The van der Waals surface area contributed by atoms with E-state index in [-0.39, 0.29) is 11.4 Å². The molecule has 0 saturated carbocycles. The second kappa shape index (κ2) is 7.15. The number of carbonyl (C=O) groups excluding carboxylic acids is 1. The van der Waals surface area contributed by atoms with Crippen LogP contribution in [0.15, 0.2) is 24.3 Å². The molecule has 1 aromatic carbocycles. The summed E-state index contributed by atoms with van der Waals surface area (Å²) in [6.45, 7) is 8.34. The Kier molecular flexibility index (Phi) is 5.33. The number of hydrogen-bond donors (Lipinski definition) is 0. The third-order valence-corrected chi connectivity index (χ3v) is 5.74. The molecule has 0 unspecified atom stereocenters. The summed E-state index contributed by atoms with van der Waals surface area (Å²) >= 11 is 5.89. The van der Waals surface area contributed by atoms with Crippen molar-refractivity contribution in [1.82, 2.24) is 4.90 Å². The number of Topliss-reactive ketones (excluding diaryl/α,β-unsaturated/α-hetero) is 1. The SMILES string of the molecule is CC1(C)C[C@]2(CCCN(CCC(=O)c3ccc(Cl)cc3)C2)CCO1. The number of ketones is 1. The van der Waals surface area contributed by atoms with Crippen LogP contribution in [-0.4, -0.2) is 42.5 Å². The Morgan fingerprint density at radius 3 is 2.71 bits per heavy atom. The van der Waals surface area contributed by atoms with E-state index in [1.165, 1.54) is 12.8 Å². The van der Waals surface area contributed by atoms with Crippen LogP contribution < -0.4 is 0 Å². The average Bonchev–Trinajstić information content (AvgIpc) is 2.52. The smallest absolute Gasteiger partial charge is 0.164 e. The van der Waals surface area contributed by atoms with Gasteiger partial charge in [-0.25, -0.2) is 0 Å². The normalized spacial score (nSPS) is 27.3. The topological polar surface area (TPSA) is 29.5 Å². The molecule has 0 aliphatic carbocycles. The predicted octanol–water partition coefficient (Wildman–Crippen LogP) is 4.58. The van der Waals surface area contributed by atoms with Gasteiger partial charge in [0.15, 0.2) is 5.78 Å². The summed E-state index contributed by atoms with van der Waals surface area (Å²) in [6, 6.07) is 7.22. The van der Waals surface area contributed by atoms with Crippen molar-refractivity contribution in [1.29, 1.82) is 0 Å². The van der Waals surface area contributed by atoms with Crippen molar-refractivity contribution in [2.75, 3.05) is 26.2 Å². The van der Waals surface area contributed by atoms with Gasteiger partial charge >= 0.3 is 0 Å². The Bertz CT molecular complexity index is 580. The molecule has 3 rings (SSSR count). The lowest BCUT2D eigenvalue weighted by Gasteiger charge is -2.50. The van der Waals surface area contributed by atoms with Crippen LogP contribution in [0.3, 0.4) is 0 Å². The Morgan fingerprint density at radius 1 is 1.25 bits per heavy atom. The molecule has 0 N–H and O–H groups in total. The number of halogens is 1. The highest BCUT2D eigenvalue weighted by atomic mass is 35.5. The molecule has 2 heterocycles. The van der Waals surface area contributed by atoms with Gasteiger partial charge in [-0.2, -0.15) is 0 Å². The minimum Gasteiger partial charge on any atom is -0.376 e. The van der Waals surface area contributed by atoms with Gasteiger partial charge < -0.3 is 9.64 Å². The molecule has 132 valence electrons. The highest BCUT2D eigenvalue weighted by Crippen LogP contribution is 2.44. The number of piperidine rings is 1. The molecule has 2 aliphatic rings. The van der Waals surface area contributed by atoms with Crippen LogP contribution in [0.4, 0.5) is 0 Å². The molecule has 3 nitrogen and oxygen atoms in total. The van der Waals surface area contributed by atoms with Crippen LogP contribution in [0.25, 0.3) is 0 Å². The lowest BCUT2D eigenvalue weighted by Crippen LogP contribution is -2.50. The third kappa shape index (κ3) is 4.38. The quantitative estimate of drug-likeness (QED) is 0.745.